The number of nitrogens with one attached hydrogen (secondary N) is 2. The molecule has 0 spiro atoms. The molecule has 1 saturated heterocycles. The molecule has 1 aromatic rings. The number of carbonyl (C=O) groups excluding carboxylic acids is 3. The fourth-order valence-corrected chi connectivity index (χ4v) is 4.33. The van der Waals surface area contributed by atoms with Gasteiger partial charge in [0.1, 0.15) is 4.90 Å². The van der Waals surface area contributed by atoms with Crippen molar-refractivity contribution in [3.05, 3.63) is 28.8 Å². The number of carbonyl (C=O) groups is 3. The Bertz CT molecular complexity index is 899. The van der Waals surface area contributed by atoms with Crippen LogP contribution in [0, 0.1) is 0 Å². The van der Waals surface area contributed by atoms with E-state index in [1.165, 1.54) is 19.1 Å². The molecule has 9 nitrogen and oxygen atoms in total. The van der Waals surface area contributed by atoms with Crippen LogP contribution in [0.3, 0.4) is 0 Å². The van der Waals surface area contributed by atoms with E-state index < -0.39 is 34.0 Å². The average molecular weight is 416 g/mol. The molecule has 1 atom stereocenters. The minimum Gasteiger partial charge on any atom is -0.449 e. The summed E-state index contributed by atoms with van der Waals surface area (Å²) in [6, 6.07) is 3.02. The van der Waals surface area contributed by atoms with Crippen LogP contribution >= 0.6 is 11.6 Å². The van der Waals surface area contributed by atoms with Gasteiger partial charge in [0.25, 0.3) is 5.91 Å². The molecule has 1 saturated carbocycles. The summed E-state index contributed by atoms with van der Waals surface area (Å²) in [6.07, 6.45) is 0.298. The summed E-state index contributed by atoms with van der Waals surface area (Å²) in [5, 5.41) is 2.45. The minimum absolute atomic E-state index is 0.0300. The van der Waals surface area contributed by atoms with E-state index in [2.05, 4.69) is 10.0 Å². The predicted molar refractivity (Wildman–Crippen MR) is 94.8 cm³/mol. The number of hydrogen-bond donors (Lipinski definition) is 2. The number of imide groups is 1. The molecular weight excluding hydrogens is 398 g/mol. The summed E-state index contributed by atoms with van der Waals surface area (Å²) < 4.78 is 32.3. The molecule has 1 aromatic carbocycles. The van der Waals surface area contributed by atoms with E-state index in [-0.39, 0.29) is 28.1 Å². The van der Waals surface area contributed by atoms with Crippen LogP contribution < -0.4 is 10.0 Å². The van der Waals surface area contributed by atoms with Crippen LogP contribution in [0.1, 0.15) is 30.1 Å². The molecule has 146 valence electrons. The van der Waals surface area contributed by atoms with E-state index in [1.807, 2.05) is 0 Å². The fraction of sp³-hybridized carbons (Fsp3) is 0.438. The molecule has 0 aromatic heterocycles. The van der Waals surface area contributed by atoms with Gasteiger partial charge in [0.05, 0.1) is 10.6 Å². The third-order valence-electron chi connectivity index (χ3n) is 4.11. The number of ether oxygens (including phenoxy) is 1. The van der Waals surface area contributed by atoms with Crippen LogP contribution in [0.5, 0.6) is 0 Å². The first-order valence-electron chi connectivity index (χ1n) is 8.31. The van der Waals surface area contributed by atoms with Crippen LogP contribution in [0.25, 0.3) is 0 Å². The van der Waals surface area contributed by atoms with Gasteiger partial charge >= 0.3 is 12.0 Å². The van der Waals surface area contributed by atoms with Gasteiger partial charge in [0.2, 0.25) is 10.0 Å². The fourth-order valence-electron chi connectivity index (χ4n) is 2.50. The SMILES string of the molecule is C[C@H](OC(=O)c1ccc(Cl)c(S(=O)(=O)NC2CC2)c1)C(=O)N1CCNC1=O. The van der Waals surface area contributed by atoms with Crippen molar-refractivity contribution in [3.8, 4) is 0 Å². The Morgan fingerprint density at radius 3 is 2.67 bits per heavy atom. The van der Waals surface area contributed by atoms with E-state index in [9.17, 15) is 22.8 Å². The van der Waals surface area contributed by atoms with Gasteiger partial charge in [-0.3, -0.25) is 9.69 Å². The molecule has 11 heteroatoms. The van der Waals surface area contributed by atoms with Crippen molar-refractivity contribution in [1.29, 1.82) is 0 Å². The summed E-state index contributed by atoms with van der Waals surface area (Å²) in [4.78, 5) is 36.8. The lowest BCUT2D eigenvalue weighted by atomic mass is 10.2. The van der Waals surface area contributed by atoms with E-state index in [0.717, 1.165) is 23.8 Å². The summed E-state index contributed by atoms with van der Waals surface area (Å²) in [5.74, 6) is -1.55. The summed E-state index contributed by atoms with van der Waals surface area (Å²) >= 11 is 5.97. The lowest BCUT2D eigenvalue weighted by Gasteiger charge is -2.18. The Hall–Kier alpha value is -2.17. The molecule has 2 N–H and O–H groups in total. The number of sulfonamides is 1. The van der Waals surface area contributed by atoms with Gasteiger partial charge in [-0.25, -0.2) is 22.7 Å². The van der Waals surface area contributed by atoms with Crippen LogP contribution in [0.2, 0.25) is 5.02 Å². The smallest absolute Gasteiger partial charge is 0.338 e. The first-order chi connectivity index (χ1) is 12.7. The van der Waals surface area contributed by atoms with Crippen LogP contribution in [0.15, 0.2) is 23.1 Å². The highest BCUT2D eigenvalue weighted by Gasteiger charge is 2.33. The predicted octanol–water partition coefficient (Wildman–Crippen LogP) is 0.878. The van der Waals surface area contributed by atoms with Gasteiger partial charge in [-0.1, -0.05) is 11.6 Å². The Labute approximate surface area is 161 Å². The van der Waals surface area contributed by atoms with Gasteiger partial charge < -0.3 is 10.1 Å². The quantitative estimate of drug-likeness (QED) is 0.665. The van der Waals surface area contributed by atoms with Crippen molar-refractivity contribution in [3.63, 3.8) is 0 Å². The van der Waals surface area contributed by atoms with Gasteiger partial charge in [0.15, 0.2) is 6.10 Å². The van der Waals surface area contributed by atoms with Crippen molar-refractivity contribution in [2.45, 2.75) is 36.8 Å². The monoisotopic (exact) mass is 415 g/mol. The lowest BCUT2D eigenvalue weighted by molar-refractivity contribution is -0.136. The van der Waals surface area contributed by atoms with Gasteiger partial charge in [-0.05, 0) is 38.0 Å². The van der Waals surface area contributed by atoms with E-state index in [0.29, 0.717) is 6.54 Å². The standard InChI is InChI=1S/C16H18ClN3O6S/c1-9(14(21)20-7-6-18-16(20)23)26-15(22)10-2-5-12(17)13(8-10)27(24,25)19-11-3-4-11/h2,5,8-9,11,19H,3-4,6-7H2,1H3,(H,18,23)/t9-/m0/s1. The van der Waals surface area contributed by atoms with Crippen molar-refractivity contribution in [2.24, 2.45) is 0 Å². The minimum atomic E-state index is -3.87. The molecule has 2 fully saturated rings. The molecule has 1 heterocycles. The second-order valence-corrected chi connectivity index (χ2v) is 8.40. The van der Waals surface area contributed by atoms with E-state index in [4.69, 9.17) is 16.3 Å². The zero-order valence-corrected chi connectivity index (χ0v) is 16.0. The number of hydrogen-bond acceptors (Lipinski definition) is 6. The molecule has 1 aliphatic carbocycles. The highest BCUT2D eigenvalue weighted by Crippen LogP contribution is 2.27. The molecular formula is C16H18ClN3O6S. The molecule has 2 aliphatic rings. The third kappa shape index (κ3) is 4.40. The number of halogens is 1. The van der Waals surface area contributed by atoms with Crippen molar-refractivity contribution in [2.75, 3.05) is 13.1 Å². The summed E-state index contributed by atoms with van der Waals surface area (Å²) in [6.45, 7) is 1.86. The van der Waals surface area contributed by atoms with Crippen molar-refractivity contribution >= 4 is 39.5 Å². The maximum atomic E-state index is 12.4. The maximum absolute atomic E-state index is 12.4. The second kappa shape index (κ2) is 7.45. The number of amides is 3. The molecule has 0 bridgehead atoms. The Morgan fingerprint density at radius 1 is 1.37 bits per heavy atom. The highest BCUT2D eigenvalue weighted by molar-refractivity contribution is 7.89. The molecule has 3 rings (SSSR count). The van der Waals surface area contributed by atoms with E-state index in [1.54, 1.807) is 0 Å². The van der Waals surface area contributed by atoms with Crippen LogP contribution in [0.4, 0.5) is 4.79 Å². The largest absolute Gasteiger partial charge is 0.449 e. The number of esters is 1. The van der Waals surface area contributed by atoms with Crippen LogP contribution in [-0.2, 0) is 19.6 Å². The first kappa shape index (κ1) is 19.6. The zero-order valence-electron chi connectivity index (χ0n) is 14.4. The third-order valence-corrected chi connectivity index (χ3v) is 6.11. The highest BCUT2D eigenvalue weighted by atomic mass is 35.5. The molecule has 0 unspecified atom stereocenters. The Balaban J connectivity index is 1.73. The van der Waals surface area contributed by atoms with Gasteiger partial charge in [-0.15, -0.1) is 0 Å². The first-order valence-corrected chi connectivity index (χ1v) is 10.2. The van der Waals surface area contributed by atoms with Gasteiger partial charge in [-0.2, -0.15) is 0 Å². The number of rotatable bonds is 6. The summed E-state index contributed by atoms with van der Waals surface area (Å²) in [5.41, 5.74) is -0.0684. The van der Waals surface area contributed by atoms with Crippen molar-refractivity contribution in [1.82, 2.24) is 14.9 Å². The van der Waals surface area contributed by atoms with Crippen LogP contribution in [-0.4, -0.2) is 56.5 Å². The Kier molecular flexibility index (Phi) is 5.41. The lowest BCUT2D eigenvalue weighted by Crippen LogP contribution is -2.41. The molecule has 0 radical (unpaired) electrons. The number of nitrogens with zero attached hydrogens (tertiary/aromatic N) is 1. The average Bonchev–Trinajstić information content (AvgIpc) is 3.30. The maximum Gasteiger partial charge on any atom is 0.338 e. The second-order valence-electron chi connectivity index (χ2n) is 6.31. The van der Waals surface area contributed by atoms with Gasteiger partial charge in [0, 0.05) is 19.1 Å². The summed E-state index contributed by atoms with van der Waals surface area (Å²) in [7, 11) is -3.87. The van der Waals surface area contributed by atoms with E-state index >= 15 is 0 Å². The van der Waals surface area contributed by atoms with Crippen molar-refractivity contribution < 1.29 is 27.5 Å². The molecule has 1 aliphatic heterocycles. The number of benzene rings is 1. The Morgan fingerprint density at radius 2 is 2.07 bits per heavy atom. The normalized spacial score (nSPS) is 18.1. The molecule has 27 heavy (non-hydrogen) atoms. The topological polar surface area (TPSA) is 122 Å². The molecule has 3 amide bonds. The number of urea groups is 1. The zero-order chi connectivity index (χ0) is 19.8.